The van der Waals surface area contributed by atoms with Gasteiger partial charge in [-0.15, -0.1) is 0 Å². The van der Waals surface area contributed by atoms with Gasteiger partial charge in [-0.25, -0.2) is 4.79 Å². The largest absolute Gasteiger partial charge is 0.489 e. The number of rotatable bonds is 7. The number of nitrogens with two attached hydrogens (primary N) is 1. The molecule has 0 aliphatic rings. The van der Waals surface area contributed by atoms with Gasteiger partial charge in [0.1, 0.15) is 23.9 Å². The molecule has 1 aromatic heterocycles. The molecule has 0 fully saturated rings. The molecule has 0 spiro atoms. The molecule has 0 saturated heterocycles. The average molecular weight is 341 g/mol. The fraction of sp³-hybridized carbons (Fsp3) is 0.111. The van der Waals surface area contributed by atoms with Gasteiger partial charge in [0.15, 0.2) is 0 Å². The predicted octanol–water partition coefficient (Wildman–Crippen LogP) is 1.72. The maximum Gasteiger partial charge on any atom is 0.354 e. The Balaban J connectivity index is 2.11. The number of carboxylic acid groups (broad SMARTS) is 1. The van der Waals surface area contributed by atoms with E-state index < -0.39 is 11.5 Å². The van der Waals surface area contributed by atoms with E-state index in [1.807, 2.05) is 30.3 Å². The molecule has 0 atom stereocenters. The first-order chi connectivity index (χ1) is 11.9. The second-order valence-corrected chi connectivity index (χ2v) is 5.28. The van der Waals surface area contributed by atoms with Crippen LogP contribution in [0.4, 0.5) is 0 Å². The second-order valence-electron chi connectivity index (χ2n) is 5.28. The fourth-order valence-electron chi connectivity index (χ4n) is 2.04. The van der Waals surface area contributed by atoms with Crippen LogP contribution in [0.1, 0.15) is 12.5 Å². The smallest absolute Gasteiger partial charge is 0.354 e. The highest BCUT2D eigenvalue weighted by Crippen LogP contribution is 2.11. The highest BCUT2D eigenvalue weighted by Gasteiger charge is 2.12. The molecule has 0 aliphatic heterocycles. The molecule has 0 aliphatic carbocycles. The number of carboxylic acids is 1. The summed E-state index contributed by atoms with van der Waals surface area (Å²) >= 11 is 0. The van der Waals surface area contributed by atoms with Crippen LogP contribution in [-0.2, 0) is 11.4 Å². The van der Waals surface area contributed by atoms with Crippen LogP contribution in [0.3, 0.4) is 0 Å². The van der Waals surface area contributed by atoms with Crippen molar-refractivity contribution in [2.75, 3.05) is 0 Å². The standard InChI is InChI=1S/C18H19N3O4/c1-12(19)17(18(23)24)20-13(2)21-9-8-15(10-16(21)22)25-11-14-6-4-3-5-7-14/h3-10,20H,2,11,19H2,1H3,(H,23,24)/b17-12-. The van der Waals surface area contributed by atoms with Crippen LogP contribution in [0.5, 0.6) is 5.75 Å². The van der Waals surface area contributed by atoms with Crippen LogP contribution in [-0.4, -0.2) is 15.6 Å². The predicted molar refractivity (Wildman–Crippen MR) is 94.5 cm³/mol. The Morgan fingerprint density at radius 2 is 2.00 bits per heavy atom. The molecule has 0 radical (unpaired) electrons. The summed E-state index contributed by atoms with van der Waals surface area (Å²) in [7, 11) is 0. The van der Waals surface area contributed by atoms with Crippen molar-refractivity contribution >= 4 is 11.8 Å². The lowest BCUT2D eigenvalue weighted by Gasteiger charge is -2.14. The number of nitrogens with zero attached hydrogens (tertiary/aromatic N) is 1. The van der Waals surface area contributed by atoms with Crippen LogP contribution in [0, 0.1) is 0 Å². The molecule has 0 amide bonds. The van der Waals surface area contributed by atoms with Gasteiger partial charge in [-0.3, -0.25) is 9.36 Å². The SMILES string of the molecule is C=C(N/C(C(=O)O)=C(/C)N)n1ccc(OCc2ccccc2)cc1=O. The van der Waals surface area contributed by atoms with E-state index in [0.717, 1.165) is 5.56 Å². The molecule has 1 aromatic carbocycles. The monoisotopic (exact) mass is 341 g/mol. The van der Waals surface area contributed by atoms with E-state index in [-0.39, 0.29) is 17.2 Å². The van der Waals surface area contributed by atoms with E-state index in [2.05, 4.69) is 11.9 Å². The summed E-state index contributed by atoms with van der Waals surface area (Å²) in [6.07, 6.45) is 1.45. The number of aromatic nitrogens is 1. The molecule has 7 nitrogen and oxygen atoms in total. The first-order valence-corrected chi connectivity index (χ1v) is 7.44. The number of pyridine rings is 1. The van der Waals surface area contributed by atoms with Gasteiger partial charge in [-0.05, 0) is 18.6 Å². The third-order valence-electron chi connectivity index (χ3n) is 3.31. The molecule has 4 N–H and O–H groups in total. The molecule has 7 heteroatoms. The Kier molecular flexibility index (Phi) is 5.62. The van der Waals surface area contributed by atoms with E-state index in [9.17, 15) is 9.59 Å². The normalized spacial score (nSPS) is 11.4. The minimum absolute atomic E-state index is 0.0711. The van der Waals surface area contributed by atoms with Crippen LogP contribution < -0.4 is 21.3 Å². The summed E-state index contributed by atoms with van der Waals surface area (Å²) in [6, 6.07) is 12.4. The zero-order valence-corrected chi connectivity index (χ0v) is 13.7. The van der Waals surface area contributed by atoms with Crippen LogP contribution >= 0.6 is 0 Å². The number of hydrogen-bond donors (Lipinski definition) is 3. The second kappa shape index (κ2) is 7.87. The summed E-state index contributed by atoms with van der Waals surface area (Å²) < 4.78 is 6.75. The Morgan fingerprint density at radius 1 is 1.32 bits per heavy atom. The van der Waals surface area contributed by atoms with Crippen molar-refractivity contribution in [2.45, 2.75) is 13.5 Å². The Morgan fingerprint density at radius 3 is 2.56 bits per heavy atom. The van der Waals surface area contributed by atoms with Gasteiger partial charge in [-0.1, -0.05) is 36.9 Å². The Bertz CT molecular complexity index is 865. The van der Waals surface area contributed by atoms with E-state index in [4.69, 9.17) is 15.6 Å². The van der Waals surface area contributed by atoms with Crippen molar-refractivity contribution in [1.82, 2.24) is 9.88 Å². The molecule has 0 unspecified atom stereocenters. The van der Waals surface area contributed by atoms with Gasteiger partial charge in [-0.2, -0.15) is 0 Å². The molecule has 130 valence electrons. The summed E-state index contributed by atoms with van der Waals surface area (Å²) in [5.41, 5.74) is 5.91. The van der Waals surface area contributed by atoms with E-state index >= 15 is 0 Å². The third kappa shape index (κ3) is 4.74. The van der Waals surface area contributed by atoms with Gasteiger partial charge in [0, 0.05) is 18.0 Å². The lowest BCUT2D eigenvalue weighted by atomic mass is 10.2. The molecule has 2 rings (SSSR count). The van der Waals surface area contributed by atoms with E-state index in [0.29, 0.717) is 12.4 Å². The zero-order chi connectivity index (χ0) is 18.4. The molecule has 2 aromatic rings. The Hall–Kier alpha value is -3.48. The maximum atomic E-state index is 12.2. The van der Waals surface area contributed by atoms with Crippen molar-refractivity contribution in [3.05, 3.63) is 82.6 Å². The first-order valence-electron chi connectivity index (χ1n) is 7.44. The van der Waals surface area contributed by atoms with Gasteiger partial charge in [0.2, 0.25) is 0 Å². The summed E-state index contributed by atoms with van der Waals surface area (Å²) in [6.45, 7) is 5.44. The van der Waals surface area contributed by atoms with Gasteiger partial charge in [0.25, 0.3) is 5.56 Å². The minimum atomic E-state index is -1.24. The van der Waals surface area contributed by atoms with Gasteiger partial charge >= 0.3 is 5.97 Å². The number of ether oxygens (including phenoxy) is 1. The molecule has 0 bridgehead atoms. The van der Waals surface area contributed by atoms with Crippen LogP contribution in [0.25, 0.3) is 5.82 Å². The lowest BCUT2D eigenvalue weighted by Crippen LogP contribution is -2.29. The maximum absolute atomic E-state index is 12.2. The van der Waals surface area contributed by atoms with E-state index in [1.54, 1.807) is 6.07 Å². The fourth-order valence-corrected chi connectivity index (χ4v) is 2.04. The summed E-state index contributed by atoms with van der Waals surface area (Å²) in [5.74, 6) is -0.763. The number of carbonyl (C=O) groups is 1. The quantitative estimate of drug-likeness (QED) is 0.662. The lowest BCUT2D eigenvalue weighted by molar-refractivity contribution is -0.133. The highest BCUT2D eigenvalue weighted by molar-refractivity contribution is 5.88. The molecular weight excluding hydrogens is 322 g/mol. The van der Waals surface area contributed by atoms with Crippen LogP contribution in [0.2, 0.25) is 0 Å². The highest BCUT2D eigenvalue weighted by atomic mass is 16.5. The topological polar surface area (TPSA) is 107 Å². The van der Waals surface area contributed by atoms with Gasteiger partial charge < -0.3 is 20.9 Å². The molecule has 25 heavy (non-hydrogen) atoms. The Labute approximate surface area is 144 Å². The molecule has 1 heterocycles. The first kappa shape index (κ1) is 17.9. The number of nitrogens with one attached hydrogen (secondary N) is 1. The van der Waals surface area contributed by atoms with Gasteiger partial charge in [0.05, 0.1) is 0 Å². The van der Waals surface area contributed by atoms with Crippen molar-refractivity contribution in [1.29, 1.82) is 0 Å². The summed E-state index contributed by atoms with van der Waals surface area (Å²) in [5, 5.41) is 11.6. The minimum Gasteiger partial charge on any atom is -0.489 e. The van der Waals surface area contributed by atoms with Crippen molar-refractivity contribution in [3.63, 3.8) is 0 Å². The number of hydrogen-bond acceptors (Lipinski definition) is 5. The zero-order valence-electron chi connectivity index (χ0n) is 13.7. The number of benzene rings is 1. The average Bonchev–Trinajstić information content (AvgIpc) is 2.58. The number of allylic oxidation sites excluding steroid dienone is 1. The van der Waals surface area contributed by atoms with E-state index in [1.165, 1.54) is 23.8 Å². The molecular formula is C18H19N3O4. The van der Waals surface area contributed by atoms with Crippen molar-refractivity contribution < 1.29 is 14.6 Å². The third-order valence-corrected chi connectivity index (χ3v) is 3.31. The van der Waals surface area contributed by atoms with Crippen molar-refractivity contribution in [3.8, 4) is 5.75 Å². The molecule has 0 saturated carbocycles. The van der Waals surface area contributed by atoms with Crippen LogP contribution in [0.15, 0.2) is 71.4 Å². The summed E-state index contributed by atoms with van der Waals surface area (Å²) in [4.78, 5) is 23.3. The number of aliphatic carboxylic acids is 1. The van der Waals surface area contributed by atoms with Crippen molar-refractivity contribution in [2.24, 2.45) is 5.73 Å².